The molecule has 300 valence electrons. The second kappa shape index (κ2) is 20.2. The van der Waals surface area contributed by atoms with Gasteiger partial charge in [-0.3, -0.25) is 0 Å². The fraction of sp³-hybridized carbons (Fsp3) is 0. The summed E-state index contributed by atoms with van der Waals surface area (Å²) in [6.45, 7) is 0. The monoisotopic (exact) mass is 1070 g/mol. The molecule has 0 heterocycles. The molecular formula is C48H36Cl2N8OTe2. The van der Waals surface area contributed by atoms with Gasteiger partial charge in [0.25, 0.3) is 0 Å². The van der Waals surface area contributed by atoms with E-state index in [1.807, 2.05) is 218 Å². The zero-order valence-corrected chi connectivity index (χ0v) is 38.5. The summed E-state index contributed by atoms with van der Waals surface area (Å²) in [5.74, 6) is 0. The van der Waals surface area contributed by atoms with Gasteiger partial charge in [0.1, 0.15) is 0 Å². The first kappa shape index (κ1) is 42.0. The van der Waals surface area contributed by atoms with Gasteiger partial charge < -0.3 is 0 Å². The van der Waals surface area contributed by atoms with Gasteiger partial charge in [0.2, 0.25) is 0 Å². The van der Waals surface area contributed by atoms with Crippen LogP contribution in [0.3, 0.4) is 0 Å². The van der Waals surface area contributed by atoms with E-state index in [0.717, 1.165) is 0 Å². The topological polar surface area (TPSA) is 108 Å². The van der Waals surface area contributed by atoms with Crippen LogP contribution in [-0.2, 0) is 1.47 Å². The molecule has 0 aromatic heterocycles. The molecule has 0 aliphatic heterocycles. The number of nitrogens with zero attached hydrogens (tertiary/aromatic N) is 8. The molecule has 0 aliphatic carbocycles. The average Bonchev–Trinajstić information content (AvgIpc) is 3.33. The van der Waals surface area contributed by atoms with Gasteiger partial charge in [-0.15, -0.1) is 0 Å². The molecule has 0 bridgehead atoms. The van der Waals surface area contributed by atoms with Crippen LogP contribution in [0.5, 0.6) is 0 Å². The summed E-state index contributed by atoms with van der Waals surface area (Å²) in [6, 6.07) is 68.7. The number of hydrogen-bond acceptors (Lipinski definition) is 9. The Labute approximate surface area is 370 Å². The summed E-state index contributed by atoms with van der Waals surface area (Å²) >= 11 is -9.89. The Hall–Kier alpha value is -5.72. The van der Waals surface area contributed by atoms with Gasteiger partial charge in [0, 0.05) is 0 Å². The Bertz CT molecular complexity index is 2450. The minimum atomic E-state index is -4.94. The molecular weight excluding hydrogens is 1030 g/mol. The van der Waals surface area contributed by atoms with E-state index >= 15 is 0 Å². The molecule has 0 aliphatic rings. The number of hydrogen-bond donors (Lipinski definition) is 0. The van der Waals surface area contributed by atoms with Crippen LogP contribution in [0.25, 0.3) is 0 Å². The van der Waals surface area contributed by atoms with E-state index in [4.69, 9.17) is 39.8 Å². The average molecular weight is 1070 g/mol. The molecule has 0 N–H and O–H groups in total. The van der Waals surface area contributed by atoms with Crippen molar-refractivity contribution in [2.45, 2.75) is 0 Å². The fourth-order valence-electron chi connectivity index (χ4n) is 5.98. The van der Waals surface area contributed by atoms with Crippen LogP contribution >= 0.6 is 17.9 Å². The summed E-state index contributed by atoms with van der Waals surface area (Å²) in [6.07, 6.45) is 0. The molecule has 0 saturated carbocycles. The molecule has 0 radical (unpaired) electrons. The molecule has 0 spiro atoms. The van der Waals surface area contributed by atoms with E-state index in [1.165, 1.54) is 0 Å². The van der Waals surface area contributed by atoms with E-state index in [9.17, 15) is 0 Å². The Morgan fingerprint density at radius 2 is 0.443 bits per heavy atom. The molecule has 0 amide bonds. The summed E-state index contributed by atoms with van der Waals surface area (Å²) in [7, 11) is 16.8. The molecule has 13 heteroatoms. The molecule has 0 saturated heterocycles. The molecule has 9 nitrogen and oxygen atoms in total. The Morgan fingerprint density at radius 1 is 0.246 bits per heavy atom. The van der Waals surface area contributed by atoms with Crippen molar-refractivity contribution in [3.63, 3.8) is 0 Å². The summed E-state index contributed by atoms with van der Waals surface area (Å²) in [4.78, 5) is 0. The number of halogens is 2. The zero-order valence-electron chi connectivity index (χ0n) is 32.3. The SMILES string of the molecule is Cl[Te](O[Te](Cl)(c1ccccc1N=Nc1ccccc1)c1ccccc1N=Nc1ccccc1)(c1ccccc1N=Nc1ccccc1)c1ccccc1N=Nc1ccccc1. The van der Waals surface area contributed by atoms with Crippen LogP contribution in [0.1, 0.15) is 0 Å². The van der Waals surface area contributed by atoms with Gasteiger partial charge in [-0.1, -0.05) is 0 Å². The number of azo groups is 4. The normalized spacial score (nSPS) is 14.9. The van der Waals surface area contributed by atoms with Crippen molar-refractivity contribution in [1.29, 1.82) is 0 Å². The maximum absolute atomic E-state index is 8.42. The first-order chi connectivity index (χ1) is 30.0. The van der Waals surface area contributed by atoms with Gasteiger partial charge in [-0.25, -0.2) is 0 Å². The third-order valence-corrected chi connectivity index (χ3v) is 36.6. The van der Waals surface area contributed by atoms with Crippen LogP contribution in [0.15, 0.2) is 259 Å². The number of rotatable bonds is 14. The van der Waals surface area contributed by atoms with Gasteiger partial charge in [0.15, 0.2) is 0 Å². The zero-order chi connectivity index (χ0) is 41.7. The van der Waals surface area contributed by atoms with E-state index in [0.29, 0.717) is 59.9 Å². The molecule has 8 rings (SSSR count). The van der Waals surface area contributed by atoms with Gasteiger partial charge in [-0.05, 0) is 0 Å². The second-order valence-corrected chi connectivity index (χ2v) is 32.4. The van der Waals surface area contributed by atoms with Crippen LogP contribution < -0.4 is 14.4 Å². The Morgan fingerprint density at radius 3 is 0.672 bits per heavy atom. The van der Waals surface area contributed by atoms with E-state index in [-0.39, 0.29) is 0 Å². The molecule has 8 aromatic rings. The second-order valence-electron chi connectivity index (χ2n) is 13.1. The molecule has 0 atom stereocenters. The van der Waals surface area contributed by atoms with E-state index in [2.05, 4.69) is 20.5 Å². The molecule has 8 aromatic carbocycles. The van der Waals surface area contributed by atoms with Crippen LogP contribution in [0, 0.1) is 0 Å². The van der Waals surface area contributed by atoms with Gasteiger partial charge in [-0.2, -0.15) is 0 Å². The van der Waals surface area contributed by atoms with E-state index < -0.39 is 34.9 Å². The molecule has 61 heavy (non-hydrogen) atoms. The van der Waals surface area contributed by atoms with Crippen molar-refractivity contribution < 1.29 is 1.47 Å². The standard InChI is InChI=1S/C48H36Cl2N8OTe2/c49-60(45-33-17-13-29-41(45)55-51-37-21-5-1-6-22-37,46-34-18-14-30-42(46)56-52-38-23-7-2-8-24-38)59-61(50,47-35-19-15-31-43(47)57-53-39-25-9-3-10-26-39)48-36-20-16-32-44(48)58-54-40-27-11-4-12-28-40/h1-36H. The first-order valence-corrected chi connectivity index (χ1v) is 31.5. The van der Waals surface area contributed by atoms with Crippen molar-refractivity contribution in [2.75, 3.05) is 0 Å². The van der Waals surface area contributed by atoms with Crippen molar-refractivity contribution in [1.82, 2.24) is 0 Å². The van der Waals surface area contributed by atoms with Gasteiger partial charge in [0.05, 0.1) is 0 Å². The van der Waals surface area contributed by atoms with E-state index in [1.54, 1.807) is 0 Å². The Balaban J connectivity index is 1.37. The van der Waals surface area contributed by atoms with Crippen LogP contribution in [0.2, 0.25) is 0 Å². The van der Waals surface area contributed by atoms with Crippen LogP contribution in [0.4, 0.5) is 45.5 Å². The predicted octanol–water partition coefficient (Wildman–Crippen LogP) is 13.7. The fourth-order valence-corrected chi connectivity index (χ4v) is 38.3. The van der Waals surface area contributed by atoms with Crippen molar-refractivity contribution in [3.05, 3.63) is 218 Å². The quantitative estimate of drug-likeness (QED) is 0.0785. The molecule has 0 unspecified atom stereocenters. The maximum atomic E-state index is 8.42. The minimum absolute atomic E-state index is 0.535. The van der Waals surface area contributed by atoms with Crippen molar-refractivity contribution >= 4 is 113 Å². The van der Waals surface area contributed by atoms with Crippen LogP contribution in [-0.4, -0.2) is 34.9 Å². The first-order valence-electron chi connectivity index (χ1n) is 19.0. The van der Waals surface area contributed by atoms with Crippen molar-refractivity contribution in [2.24, 2.45) is 40.9 Å². The van der Waals surface area contributed by atoms with Gasteiger partial charge >= 0.3 is 374 Å². The molecule has 0 fully saturated rings. The Kier molecular flexibility index (Phi) is 13.9. The number of benzene rings is 8. The third kappa shape index (κ3) is 10.3. The summed E-state index contributed by atoms with van der Waals surface area (Å²) in [5, 5.41) is 37.6. The van der Waals surface area contributed by atoms with Crippen molar-refractivity contribution in [3.8, 4) is 0 Å². The third-order valence-electron chi connectivity index (χ3n) is 8.90. The predicted molar refractivity (Wildman–Crippen MR) is 251 cm³/mol. The summed E-state index contributed by atoms with van der Waals surface area (Å²) < 4.78 is 10.5. The summed E-state index contributed by atoms with van der Waals surface area (Å²) in [5.41, 5.74) is 4.88.